The molecule has 1 aromatic carbocycles. The summed E-state index contributed by atoms with van der Waals surface area (Å²) in [6.45, 7) is 13.9. The van der Waals surface area contributed by atoms with E-state index in [4.69, 9.17) is 0 Å². The van der Waals surface area contributed by atoms with E-state index in [-0.39, 0.29) is 23.3 Å². The van der Waals surface area contributed by atoms with Crippen LogP contribution in [0.1, 0.15) is 71.9 Å². The highest BCUT2D eigenvalue weighted by Crippen LogP contribution is 2.36. The first-order chi connectivity index (χ1) is 14.9. The number of hydrogen-bond donors (Lipinski definition) is 2. The number of nitrogens with one attached hydrogen (secondary N) is 2. The molecule has 1 aliphatic heterocycles. The highest BCUT2D eigenvalue weighted by Gasteiger charge is 2.47. The maximum absolute atomic E-state index is 14.3. The SMILES string of the molecule is C=CCCC(NC(C)=O)(C(=O)NC(C)(C)C)C1CCN(C(C)c2c(F)cccc2F)CC1. The third-order valence-corrected chi connectivity index (χ3v) is 6.23. The van der Waals surface area contributed by atoms with Gasteiger partial charge in [-0.05, 0) is 84.5 Å². The molecule has 1 aromatic rings. The minimum atomic E-state index is -1.06. The molecule has 0 aliphatic carbocycles. The van der Waals surface area contributed by atoms with Gasteiger partial charge in [0.25, 0.3) is 0 Å². The average molecular weight is 450 g/mol. The molecular weight excluding hydrogens is 412 g/mol. The van der Waals surface area contributed by atoms with E-state index in [0.717, 1.165) is 0 Å². The number of amides is 2. The van der Waals surface area contributed by atoms with Crippen LogP contribution in [0.3, 0.4) is 0 Å². The first kappa shape index (κ1) is 26.0. The number of nitrogens with zero attached hydrogens (tertiary/aromatic N) is 1. The van der Waals surface area contributed by atoms with Crippen LogP contribution in [0.2, 0.25) is 0 Å². The Morgan fingerprint density at radius 3 is 2.22 bits per heavy atom. The lowest BCUT2D eigenvalue weighted by molar-refractivity contribution is -0.138. The Morgan fingerprint density at radius 1 is 1.19 bits per heavy atom. The van der Waals surface area contributed by atoms with Gasteiger partial charge in [-0.2, -0.15) is 0 Å². The lowest BCUT2D eigenvalue weighted by atomic mass is 9.73. The van der Waals surface area contributed by atoms with Crippen molar-refractivity contribution >= 4 is 11.8 Å². The first-order valence-corrected chi connectivity index (χ1v) is 11.3. The molecule has 1 heterocycles. The minimum absolute atomic E-state index is 0.0659. The number of halogens is 2. The van der Waals surface area contributed by atoms with Gasteiger partial charge in [0.15, 0.2) is 0 Å². The molecule has 0 spiro atoms. The van der Waals surface area contributed by atoms with Crippen LogP contribution in [0.4, 0.5) is 8.78 Å². The number of hydrogen-bond acceptors (Lipinski definition) is 3. The number of piperidine rings is 1. The predicted molar refractivity (Wildman–Crippen MR) is 123 cm³/mol. The Labute approximate surface area is 190 Å². The lowest BCUT2D eigenvalue weighted by Crippen LogP contribution is -2.66. The summed E-state index contributed by atoms with van der Waals surface area (Å²) in [5, 5.41) is 6.02. The molecular formula is C25H37F2N3O2. The van der Waals surface area contributed by atoms with Crippen LogP contribution >= 0.6 is 0 Å². The van der Waals surface area contributed by atoms with Crippen molar-refractivity contribution in [2.45, 2.75) is 77.4 Å². The van der Waals surface area contributed by atoms with E-state index in [0.29, 0.717) is 38.8 Å². The van der Waals surface area contributed by atoms with E-state index in [1.54, 1.807) is 13.0 Å². The fraction of sp³-hybridized carbons (Fsp3) is 0.600. The van der Waals surface area contributed by atoms with E-state index in [2.05, 4.69) is 17.2 Å². The normalized spacial score (nSPS) is 18.5. The smallest absolute Gasteiger partial charge is 0.246 e. The molecule has 0 aromatic heterocycles. The monoisotopic (exact) mass is 449 g/mol. The molecule has 5 nitrogen and oxygen atoms in total. The molecule has 1 fully saturated rings. The average Bonchev–Trinajstić information content (AvgIpc) is 2.69. The summed E-state index contributed by atoms with van der Waals surface area (Å²) < 4.78 is 28.6. The second kappa shape index (κ2) is 10.6. The van der Waals surface area contributed by atoms with Crippen LogP contribution in [0.25, 0.3) is 0 Å². The fourth-order valence-electron chi connectivity index (χ4n) is 4.69. The van der Waals surface area contributed by atoms with Gasteiger partial charge in [0.1, 0.15) is 17.2 Å². The molecule has 0 radical (unpaired) electrons. The third-order valence-electron chi connectivity index (χ3n) is 6.23. The van der Waals surface area contributed by atoms with Crippen molar-refractivity contribution in [1.82, 2.24) is 15.5 Å². The van der Waals surface area contributed by atoms with Gasteiger partial charge in [-0.3, -0.25) is 14.5 Å². The van der Waals surface area contributed by atoms with E-state index >= 15 is 0 Å². The number of likely N-dealkylation sites (tertiary alicyclic amines) is 1. The molecule has 1 saturated heterocycles. The molecule has 7 heteroatoms. The number of rotatable bonds is 8. The Kier molecular flexibility index (Phi) is 8.57. The largest absolute Gasteiger partial charge is 0.349 e. The van der Waals surface area contributed by atoms with Crippen molar-refractivity contribution < 1.29 is 18.4 Å². The minimum Gasteiger partial charge on any atom is -0.349 e. The Balaban J connectivity index is 2.27. The van der Waals surface area contributed by atoms with Crippen LogP contribution < -0.4 is 10.6 Å². The van der Waals surface area contributed by atoms with E-state index < -0.39 is 28.8 Å². The van der Waals surface area contributed by atoms with Crippen LogP contribution in [-0.2, 0) is 9.59 Å². The first-order valence-electron chi connectivity index (χ1n) is 11.3. The summed E-state index contributed by atoms with van der Waals surface area (Å²) in [5.74, 6) is -1.68. The van der Waals surface area contributed by atoms with Gasteiger partial charge in [0, 0.05) is 24.1 Å². The Bertz CT molecular complexity index is 809. The molecule has 2 atom stereocenters. The zero-order chi connectivity index (χ0) is 24.1. The summed E-state index contributed by atoms with van der Waals surface area (Å²) in [6.07, 6.45) is 4.01. The second-order valence-corrected chi connectivity index (χ2v) is 9.81. The van der Waals surface area contributed by atoms with Crippen molar-refractivity contribution in [2.24, 2.45) is 5.92 Å². The summed E-state index contributed by atoms with van der Waals surface area (Å²) >= 11 is 0. The van der Waals surface area contributed by atoms with Crippen molar-refractivity contribution in [1.29, 1.82) is 0 Å². The molecule has 2 rings (SSSR count). The van der Waals surface area contributed by atoms with Crippen LogP contribution in [0.15, 0.2) is 30.9 Å². The number of benzene rings is 1. The van der Waals surface area contributed by atoms with Crippen molar-refractivity contribution in [3.8, 4) is 0 Å². The number of allylic oxidation sites excluding steroid dienone is 1. The molecule has 2 N–H and O–H groups in total. The maximum atomic E-state index is 14.3. The van der Waals surface area contributed by atoms with Crippen LogP contribution in [-0.4, -0.2) is 40.9 Å². The molecule has 178 valence electrons. The summed E-state index contributed by atoms with van der Waals surface area (Å²) in [6, 6.07) is 3.48. The fourth-order valence-corrected chi connectivity index (χ4v) is 4.69. The Morgan fingerprint density at radius 2 is 1.75 bits per heavy atom. The molecule has 2 unspecified atom stereocenters. The van der Waals surface area contributed by atoms with Gasteiger partial charge >= 0.3 is 0 Å². The zero-order valence-electron chi connectivity index (χ0n) is 19.9. The van der Waals surface area contributed by atoms with Crippen molar-refractivity contribution in [2.75, 3.05) is 13.1 Å². The van der Waals surface area contributed by atoms with Gasteiger partial charge in [-0.1, -0.05) is 12.1 Å². The van der Waals surface area contributed by atoms with E-state index in [9.17, 15) is 18.4 Å². The zero-order valence-corrected chi connectivity index (χ0v) is 19.9. The topological polar surface area (TPSA) is 61.4 Å². The number of carbonyl (C=O) groups excluding carboxylic acids is 2. The van der Waals surface area contributed by atoms with Gasteiger partial charge in [0.2, 0.25) is 11.8 Å². The highest BCUT2D eigenvalue weighted by atomic mass is 19.1. The van der Waals surface area contributed by atoms with E-state index in [1.165, 1.54) is 25.1 Å². The molecule has 2 amide bonds. The summed E-state index contributed by atoms with van der Waals surface area (Å²) in [5.41, 5.74) is -1.45. The molecule has 1 aliphatic rings. The van der Waals surface area contributed by atoms with Gasteiger partial charge in [0.05, 0.1) is 0 Å². The van der Waals surface area contributed by atoms with Crippen LogP contribution in [0, 0.1) is 17.6 Å². The molecule has 0 saturated carbocycles. The molecule has 32 heavy (non-hydrogen) atoms. The van der Waals surface area contributed by atoms with Gasteiger partial charge < -0.3 is 10.6 Å². The standard InChI is InChI=1S/C25H37F2N3O2/c1-7-8-14-25(28-18(3)31,23(32)29-24(4,5)6)19-12-15-30(16-13-19)17(2)22-20(26)10-9-11-21(22)27/h7,9-11,17,19H,1,8,12-16H2,2-6H3,(H,28,31)(H,29,32). The quantitative estimate of drug-likeness (QED) is 0.575. The summed E-state index contributed by atoms with van der Waals surface area (Å²) in [7, 11) is 0. The second-order valence-electron chi connectivity index (χ2n) is 9.81. The predicted octanol–water partition coefficient (Wildman–Crippen LogP) is 4.49. The lowest BCUT2D eigenvalue weighted by Gasteiger charge is -2.46. The van der Waals surface area contributed by atoms with E-state index in [1.807, 2.05) is 25.7 Å². The van der Waals surface area contributed by atoms with Gasteiger partial charge in [-0.15, -0.1) is 6.58 Å². The van der Waals surface area contributed by atoms with Crippen molar-refractivity contribution in [3.05, 3.63) is 48.1 Å². The van der Waals surface area contributed by atoms with Gasteiger partial charge in [-0.25, -0.2) is 8.78 Å². The maximum Gasteiger partial charge on any atom is 0.246 e. The third kappa shape index (κ3) is 6.15. The highest BCUT2D eigenvalue weighted by molar-refractivity contribution is 5.91. The number of carbonyl (C=O) groups is 2. The summed E-state index contributed by atoms with van der Waals surface area (Å²) in [4.78, 5) is 27.7. The molecule has 0 bridgehead atoms. The Hall–Kier alpha value is -2.28. The van der Waals surface area contributed by atoms with Crippen LogP contribution in [0.5, 0.6) is 0 Å². The van der Waals surface area contributed by atoms with Crippen molar-refractivity contribution in [3.63, 3.8) is 0 Å².